The van der Waals surface area contributed by atoms with Crippen LogP contribution >= 0.6 is 11.6 Å². The highest BCUT2D eigenvalue weighted by molar-refractivity contribution is 6.30. The minimum Gasteiger partial charge on any atom is -0.507 e. The number of anilines is 3. The number of alkyl halides is 1. The second kappa shape index (κ2) is 11.3. The summed E-state index contributed by atoms with van der Waals surface area (Å²) in [6, 6.07) is 16.9. The average Bonchev–Trinajstić information content (AvgIpc) is 2.89. The zero-order valence-corrected chi connectivity index (χ0v) is 19.8. The van der Waals surface area contributed by atoms with E-state index in [-0.39, 0.29) is 24.0 Å². The lowest BCUT2D eigenvalue weighted by Gasteiger charge is -2.13. The summed E-state index contributed by atoms with van der Waals surface area (Å²) < 4.78 is 13.4. The third kappa shape index (κ3) is 6.17. The van der Waals surface area contributed by atoms with Crippen LogP contribution in [0.3, 0.4) is 0 Å². The number of nitrogens with one attached hydrogen (secondary N) is 2. The second-order valence-electron chi connectivity index (χ2n) is 7.87. The highest BCUT2D eigenvalue weighted by Crippen LogP contribution is 2.33. The molecule has 182 valence electrons. The standard InChI is InChI=1S/C27H23ClFN5O2/c28-20-5-8-23(19(12-20)14-29)33-21-6-9-25(35)22(13-21)24-7-4-18(27(30)34-24)16-32-26(36)10-3-17-2-1-11-31-15-17/h1-13,15,33,35H,14,16H2,(H2,30,34)(H,32,36). The van der Waals surface area contributed by atoms with Crippen molar-refractivity contribution in [2.45, 2.75) is 13.2 Å². The second-order valence-corrected chi connectivity index (χ2v) is 8.31. The Morgan fingerprint density at radius 2 is 1.97 bits per heavy atom. The van der Waals surface area contributed by atoms with Gasteiger partial charge in [0.25, 0.3) is 0 Å². The van der Waals surface area contributed by atoms with Gasteiger partial charge in [0.1, 0.15) is 18.2 Å². The molecule has 5 N–H and O–H groups in total. The van der Waals surface area contributed by atoms with Crippen molar-refractivity contribution in [1.82, 2.24) is 15.3 Å². The third-order valence-corrected chi connectivity index (χ3v) is 5.57. The van der Waals surface area contributed by atoms with E-state index in [9.17, 15) is 14.3 Å². The predicted octanol–water partition coefficient (Wildman–Crippen LogP) is 5.63. The SMILES string of the molecule is Nc1nc(-c2cc(Nc3ccc(Cl)cc3CF)ccc2O)ccc1CNC(=O)C=Cc1cccnc1. The number of pyridine rings is 2. The Bertz CT molecular complexity index is 1410. The van der Waals surface area contributed by atoms with Gasteiger partial charge in [-0.3, -0.25) is 9.78 Å². The molecule has 0 aliphatic rings. The van der Waals surface area contributed by atoms with E-state index in [1.54, 1.807) is 67.0 Å². The van der Waals surface area contributed by atoms with Crippen molar-refractivity contribution in [3.8, 4) is 17.0 Å². The van der Waals surface area contributed by atoms with Crippen molar-refractivity contribution < 1.29 is 14.3 Å². The third-order valence-electron chi connectivity index (χ3n) is 5.34. The molecule has 0 unspecified atom stereocenters. The monoisotopic (exact) mass is 503 g/mol. The molecular weight excluding hydrogens is 481 g/mol. The Balaban J connectivity index is 1.47. The fourth-order valence-electron chi connectivity index (χ4n) is 3.46. The minimum atomic E-state index is -0.677. The summed E-state index contributed by atoms with van der Waals surface area (Å²) in [5.41, 5.74) is 10.1. The Morgan fingerprint density at radius 3 is 2.72 bits per heavy atom. The molecule has 2 heterocycles. The minimum absolute atomic E-state index is 0.0101. The molecule has 0 atom stereocenters. The van der Waals surface area contributed by atoms with E-state index in [0.29, 0.717) is 38.8 Å². The van der Waals surface area contributed by atoms with E-state index in [2.05, 4.69) is 20.6 Å². The summed E-state index contributed by atoms with van der Waals surface area (Å²) in [6.45, 7) is -0.491. The van der Waals surface area contributed by atoms with Gasteiger partial charge in [0.2, 0.25) is 5.91 Å². The van der Waals surface area contributed by atoms with Crippen molar-refractivity contribution in [3.63, 3.8) is 0 Å². The number of carbonyl (C=O) groups is 1. The molecule has 4 rings (SSSR count). The molecule has 36 heavy (non-hydrogen) atoms. The van der Waals surface area contributed by atoms with Crippen LogP contribution < -0.4 is 16.4 Å². The Hall–Kier alpha value is -4.43. The number of halogens is 2. The first-order chi connectivity index (χ1) is 17.4. The Morgan fingerprint density at radius 1 is 1.11 bits per heavy atom. The van der Waals surface area contributed by atoms with Crippen molar-refractivity contribution in [2.75, 3.05) is 11.1 Å². The first-order valence-corrected chi connectivity index (χ1v) is 11.4. The average molecular weight is 504 g/mol. The lowest BCUT2D eigenvalue weighted by Crippen LogP contribution is -2.21. The number of carbonyl (C=O) groups excluding carboxylic acids is 1. The molecule has 2 aromatic heterocycles. The van der Waals surface area contributed by atoms with Crippen LogP contribution in [0.25, 0.3) is 17.3 Å². The Kier molecular flexibility index (Phi) is 7.77. The smallest absolute Gasteiger partial charge is 0.244 e. The largest absolute Gasteiger partial charge is 0.507 e. The molecule has 9 heteroatoms. The summed E-state index contributed by atoms with van der Waals surface area (Å²) in [7, 11) is 0. The van der Waals surface area contributed by atoms with E-state index in [1.807, 2.05) is 6.07 Å². The molecule has 1 amide bonds. The number of phenolic OH excluding ortho intramolecular Hbond substituents is 1. The van der Waals surface area contributed by atoms with Gasteiger partial charge >= 0.3 is 0 Å². The summed E-state index contributed by atoms with van der Waals surface area (Å²) in [4.78, 5) is 20.5. The van der Waals surface area contributed by atoms with Gasteiger partial charge in [-0.25, -0.2) is 9.37 Å². The quantitative estimate of drug-likeness (QED) is 0.183. The van der Waals surface area contributed by atoms with Crippen molar-refractivity contribution in [2.24, 2.45) is 0 Å². The fourth-order valence-corrected chi connectivity index (χ4v) is 3.65. The molecule has 0 saturated carbocycles. The maximum atomic E-state index is 13.4. The van der Waals surface area contributed by atoms with E-state index >= 15 is 0 Å². The number of nitrogen functional groups attached to an aromatic ring is 1. The maximum Gasteiger partial charge on any atom is 0.244 e. The van der Waals surface area contributed by atoms with Crippen LogP contribution in [0.1, 0.15) is 16.7 Å². The van der Waals surface area contributed by atoms with E-state index in [4.69, 9.17) is 17.3 Å². The lowest BCUT2D eigenvalue weighted by atomic mass is 10.1. The molecule has 0 aliphatic heterocycles. The molecule has 0 spiro atoms. The Labute approximate surface area is 212 Å². The number of amides is 1. The summed E-state index contributed by atoms with van der Waals surface area (Å²) in [5.74, 6) is -0.0521. The maximum absolute atomic E-state index is 13.4. The molecule has 2 aromatic carbocycles. The number of hydrogen-bond donors (Lipinski definition) is 4. The fraction of sp³-hybridized carbons (Fsp3) is 0.0741. The van der Waals surface area contributed by atoms with E-state index < -0.39 is 6.67 Å². The lowest BCUT2D eigenvalue weighted by molar-refractivity contribution is -0.116. The van der Waals surface area contributed by atoms with E-state index in [0.717, 1.165) is 5.56 Å². The number of hydrogen-bond acceptors (Lipinski definition) is 6. The highest BCUT2D eigenvalue weighted by atomic mass is 35.5. The highest BCUT2D eigenvalue weighted by Gasteiger charge is 2.12. The summed E-state index contributed by atoms with van der Waals surface area (Å²) in [5, 5.41) is 16.8. The van der Waals surface area contributed by atoms with Crippen LogP contribution in [0.4, 0.5) is 21.6 Å². The van der Waals surface area contributed by atoms with Crippen LogP contribution in [0.2, 0.25) is 5.02 Å². The van der Waals surface area contributed by atoms with Crippen LogP contribution in [-0.4, -0.2) is 21.0 Å². The molecule has 0 radical (unpaired) electrons. The molecular formula is C27H23ClFN5O2. The summed E-state index contributed by atoms with van der Waals surface area (Å²) >= 11 is 5.96. The van der Waals surface area contributed by atoms with Crippen molar-refractivity contribution in [1.29, 1.82) is 0 Å². The molecule has 0 fully saturated rings. The van der Waals surface area contributed by atoms with Crippen LogP contribution in [0.5, 0.6) is 5.75 Å². The first-order valence-electron chi connectivity index (χ1n) is 11.0. The number of nitrogens with two attached hydrogens (primary N) is 1. The zero-order chi connectivity index (χ0) is 25.5. The number of nitrogens with zero attached hydrogens (tertiary/aromatic N) is 2. The van der Waals surface area contributed by atoms with E-state index in [1.165, 1.54) is 12.1 Å². The number of phenols is 1. The van der Waals surface area contributed by atoms with Crippen LogP contribution in [0.15, 0.2) is 79.1 Å². The van der Waals surface area contributed by atoms with Gasteiger partial charge in [0.05, 0.1) is 5.69 Å². The number of aromatic hydroxyl groups is 1. The van der Waals surface area contributed by atoms with Crippen molar-refractivity contribution >= 4 is 40.8 Å². The van der Waals surface area contributed by atoms with Gasteiger partial charge in [-0.1, -0.05) is 23.7 Å². The molecule has 7 nitrogen and oxygen atoms in total. The first kappa shape index (κ1) is 24.7. The van der Waals surface area contributed by atoms with Crippen LogP contribution in [0, 0.1) is 0 Å². The topological polar surface area (TPSA) is 113 Å². The van der Waals surface area contributed by atoms with Crippen molar-refractivity contribution in [3.05, 3.63) is 101 Å². The molecule has 4 aromatic rings. The molecule has 0 saturated heterocycles. The van der Waals surface area contributed by atoms with Gasteiger partial charge in [-0.15, -0.1) is 0 Å². The number of benzene rings is 2. The van der Waals surface area contributed by atoms with Gasteiger partial charge < -0.3 is 21.5 Å². The van der Waals surface area contributed by atoms with Gasteiger partial charge in [-0.2, -0.15) is 0 Å². The van der Waals surface area contributed by atoms with Crippen LogP contribution in [-0.2, 0) is 18.0 Å². The van der Waals surface area contributed by atoms with Gasteiger partial charge in [0.15, 0.2) is 0 Å². The summed E-state index contributed by atoms with van der Waals surface area (Å²) in [6.07, 6.45) is 6.39. The zero-order valence-electron chi connectivity index (χ0n) is 19.1. The normalized spacial score (nSPS) is 10.9. The number of rotatable bonds is 8. The van der Waals surface area contributed by atoms with Gasteiger partial charge in [0, 0.05) is 58.1 Å². The molecule has 0 bridgehead atoms. The number of aromatic nitrogens is 2. The molecule has 0 aliphatic carbocycles. The predicted molar refractivity (Wildman–Crippen MR) is 140 cm³/mol. The van der Waals surface area contributed by atoms with Gasteiger partial charge in [-0.05, 0) is 60.2 Å².